The first kappa shape index (κ1) is 25.0. The lowest BCUT2D eigenvalue weighted by atomic mass is 9.47. The number of ketones is 1. The van der Waals surface area contributed by atoms with E-state index in [1.165, 1.54) is 25.0 Å². The van der Waals surface area contributed by atoms with E-state index in [2.05, 4.69) is 10.2 Å². The van der Waals surface area contributed by atoms with E-state index in [9.17, 15) is 28.2 Å². The highest BCUT2D eigenvalue weighted by atomic mass is 32.2. The minimum atomic E-state index is -3.83. The smallest absolute Gasteiger partial charge is 0.238 e. The molecule has 1 unspecified atom stereocenters. The van der Waals surface area contributed by atoms with Crippen molar-refractivity contribution >= 4 is 21.7 Å². The molecule has 3 fully saturated rings. The van der Waals surface area contributed by atoms with Gasteiger partial charge < -0.3 is 20.3 Å². The minimum Gasteiger partial charge on any atom is -0.504 e. The van der Waals surface area contributed by atoms with Crippen molar-refractivity contribution in [1.29, 1.82) is 0 Å². The summed E-state index contributed by atoms with van der Waals surface area (Å²) in [4.78, 5) is 29.7. The van der Waals surface area contributed by atoms with Gasteiger partial charge in [0.1, 0.15) is 5.92 Å². The largest absolute Gasteiger partial charge is 0.504 e. The number of benzene rings is 2. The van der Waals surface area contributed by atoms with Crippen LogP contribution in [0.15, 0.2) is 41.3 Å². The summed E-state index contributed by atoms with van der Waals surface area (Å²) in [6.45, 7) is 1.68. The Kier molecular flexibility index (Phi) is 5.30. The summed E-state index contributed by atoms with van der Waals surface area (Å²) >= 11 is 0. The molecule has 7 rings (SSSR count). The van der Waals surface area contributed by atoms with Gasteiger partial charge in [-0.3, -0.25) is 14.5 Å². The van der Waals surface area contributed by atoms with Crippen molar-refractivity contribution in [3.05, 3.63) is 53.1 Å². The molecule has 2 saturated carbocycles. The number of rotatable bonds is 6. The summed E-state index contributed by atoms with van der Waals surface area (Å²) in [6, 6.07) is 9.01. The lowest BCUT2D eigenvalue weighted by Crippen LogP contribution is -2.78. The number of hydrogen-bond acceptors (Lipinski definition) is 8. The van der Waals surface area contributed by atoms with Crippen molar-refractivity contribution in [2.24, 2.45) is 17.0 Å². The van der Waals surface area contributed by atoms with Crippen LogP contribution in [0.4, 0.5) is 0 Å². The normalized spacial score (nSPS) is 32.9. The molecule has 0 aromatic heterocycles. The van der Waals surface area contributed by atoms with Crippen molar-refractivity contribution < 1.29 is 33.0 Å². The number of sulfonamides is 1. The van der Waals surface area contributed by atoms with Gasteiger partial charge in [-0.2, -0.15) is 0 Å². The van der Waals surface area contributed by atoms with Gasteiger partial charge >= 0.3 is 0 Å². The molecule has 206 valence electrons. The van der Waals surface area contributed by atoms with Crippen LogP contribution in [0.1, 0.15) is 42.4 Å². The molecule has 1 spiro atoms. The Bertz CT molecular complexity index is 1510. The molecule has 1 saturated heterocycles. The van der Waals surface area contributed by atoms with Crippen LogP contribution in [0.5, 0.6) is 11.5 Å². The molecule has 3 aliphatic carbocycles. The molecule has 5 N–H and O–H groups in total. The van der Waals surface area contributed by atoms with Crippen molar-refractivity contribution in [2.45, 2.75) is 66.7 Å². The Morgan fingerprint density at radius 2 is 1.92 bits per heavy atom. The highest BCUT2D eigenvalue weighted by Gasteiger charge is 2.75. The maximum Gasteiger partial charge on any atom is 0.238 e. The first-order chi connectivity index (χ1) is 18.5. The van der Waals surface area contributed by atoms with Crippen molar-refractivity contribution in [3.8, 4) is 11.5 Å². The average molecular weight is 554 g/mol. The number of likely N-dealkylation sites (tertiary alicyclic amines) is 1. The van der Waals surface area contributed by atoms with Crippen LogP contribution < -0.4 is 15.2 Å². The zero-order valence-corrected chi connectivity index (χ0v) is 22.1. The number of nitrogens with zero attached hydrogens (tertiary/aromatic N) is 1. The van der Waals surface area contributed by atoms with Crippen molar-refractivity contribution in [1.82, 2.24) is 10.2 Å². The summed E-state index contributed by atoms with van der Waals surface area (Å²) in [5.74, 6) is -1.22. The fourth-order valence-corrected chi connectivity index (χ4v) is 8.15. The van der Waals surface area contributed by atoms with E-state index in [1.807, 2.05) is 6.07 Å². The van der Waals surface area contributed by atoms with Crippen molar-refractivity contribution in [3.63, 3.8) is 0 Å². The number of carbonyl (C=O) groups is 2. The van der Waals surface area contributed by atoms with Gasteiger partial charge in [0, 0.05) is 24.7 Å². The molecular formula is C28H31N3O7S. The molecule has 0 radical (unpaired) electrons. The number of carbonyl (C=O) groups excluding carboxylic acids is 2. The highest BCUT2D eigenvalue weighted by Crippen LogP contribution is 2.65. The van der Waals surface area contributed by atoms with Gasteiger partial charge in [-0.05, 0) is 73.9 Å². The number of nitrogens with one attached hydrogen (secondary N) is 1. The molecule has 2 heterocycles. The highest BCUT2D eigenvalue weighted by molar-refractivity contribution is 7.89. The van der Waals surface area contributed by atoms with Crippen LogP contribution >= 0.6 is 0 Å². The average Bonchev–Trinajstić information content (AvgIpc) is 3.64. The monoisotopic (exact) mass is 553 g/mol. The molecule has 39 heavy (non-hydrogen) atoms. The van der Waals surface area contributed by atoms with E-state index >= 15 is 0 Å². The number of phenolic OH excluding ortho intramolecular Hbond substituents is 1. The predicted molar refractivity (Wildman–Crippen MR) is 138 cm³/mol. The molecule has 2 aliphatic heterocycles. The molecule has 5 atom stereocenters. The number of ether oxygens (including phenoxy) is 1. The van der Waals surface area contributed by atoms with E-state index in [1.54, 1.807) is 18.2 Å². The van der Waals surface area contributed by atoms with Gasteiger partial charge in [0.25, 0.3) is 0 Å². The lowest BCUT2D eigenvalue weighted by Gasteiger charge is -2.63. The quantitative estimate of drug-likeness (QED) is 0.381. The molecule has 5 aliphatic rings. The Hall–Kier alpha value is -2.99. The number of hydrogen-bond donors (Lipinski definition) is 4. The van der Waals surface area contributed by atoms with E-state index in [-0.39, 0.29) is 41.2 Å². The second kappa shape index (κ2) is 8.26. The number of amides is 1. The maximum absolute atomic E-state index is 13.9. The zero-order valence-electron chi connectivity index (χ0n) is 21.3. The fourth-order valence-electron chi connectivity index (χ4n) is 7.63. The van der Waals surface area contributed by atoms with Crippen LogP contribution in [0.3, 0.4) is 0 Å². The van der Waals surface area contributed by atoms with E-state index < -0.39 is 39.0 Å². The first-order valence-corrected chi connectivity index (χ1v) is 15.0. The van der Waals surface area contributed by atoms with Gasteiger partial charge in [-0.1, -0.05) is 18.2 Å². The molecule has 10 nitrogen and oxygen atoms in total. The number of piperidine rings is 1. The summed E-state index contributed by atoms with van der Waals surface area (Å²) in [5.41, 5.74) is -0.0299. The van der Waals surface area contributed by atoms with Crippen LogP contribution in [0, 0.1) is 11.8 Å². The van der Waals surface area contributed by atoms with Gasteiger partial charge in [0.05, 0.1) is 15.9 Å². The summed E-state index contributed by atoms with van der Waals surface area (Å²) in [6.07, 6.45) is 2.33. The minimum absolute atomic E-state index is 0.0255. The number of aromatic hydroxyl groups is 1. The van der Waals surface area contributed by atoms with E-state index in [0.29, 0.717) is 24.3 Å². The lowest BCUT2D eigenvalue weighted by molar-refractivity contribution is -0.198. The fraction of sp³-hybridized carbons (Fsp3) is 0.500. The van der Waals surface area contributed by atoms with Gasteiger partial charge in [0.2, 0.25) is 15.9 Å². The van der Waals surface area contributed by atoms with Gasteiger partial charge in [-0.15, -0.1) is 0 Å². The van der Waals surface area contributed by atoms with E-state index in [4.69, 9.17) is 9.88 Å². The van der Waals surface area contributed by atoms with E-state index in [0.717, 1.165) is 24.2 Å². The Morgan fingerprint density at radius 3 is 2.62 bits per heavy atom. The Balaban J connectivity index is 1.21. The molecule has 2 aromatic carbocycles. The number of aliphatic hydroxyl groups is 1. The number of Topliss-reactive ketones (excluding diaryl/α,β-unsaturated/α-hetero) is 1. The van der Waals surface area contributed by atoms with Crippen LogP contribution in [-0.2, 0) is 38.0 Å². The van der Waals surface area contributed by atoms with Crippen LogP contribution in [-0.4, -0.2) is 66.1 Å². The second-order valence-electron chi connectivity index (χ2n) is 11.8. The third-order valence-electron chi connectivity index (χ3n) is 9.67. The maximum atomic E-state index is 13.9. The predicted octanol–water partition coefficient (Wildman–Crippen LogP) is 0.715. The zero-order chi connectivity index (χ0) is 27.3. The topological polar surface area (TPSA) is 159 Å². The first-order valence-electron chi connectivity index (χ1n) is 13.4. The number of nitrogens with two attached hydrogens (primary N) is 1. The van der Waals surface area contributed by atoms with Crippen LogP contribution in [0.2, 0.25) is 0 Å². The molecular weight excluding hydrogens is 522 g/mol. The SMILES string of the molecule is NS(=O)(=O)c1ccc(CNC(=O)C2C[C@@]3(O)[C@H]4Cc5ccc(O)c6c5[C@@]3(CCN4CC3CC3)[C@@H](O6)C2=O)cc1. The molecule has 11 heteroatoms. The number of primary sulfonamides is 1. The third kappa shape index (κ3) is 3.53. The number of phenols is 1. The molecule has 1 amide bonds. The summed E-state index contributed by atoms with van der Waals surface area (Å²) in [7, 11) is -3.83. The Labute approximate surface area is 226 Å². The Morgan fingerprint density at radius 1 is 1.18 bits per heavy atom. The molecule has 2 aromatic rings. The van der Waals surface area contributed by atoms with Gasteiger partial charge in [0.15, 0.2) is 23.4 Å². The van der Waals surface area contributed by atoms with Crippen molar-refractivity contribution in [2.75, 3.05) is 13.1 Å². The summed E-state index contributed by atoms with van der Waals surface area (Å²) < 4.78 is 29.2. The third-order valence-corrected chi connectivity index (χ3v) is 10.6. The van der Waals surface area contributed by atoms with Crippen LogP contribution in [0.25, 0.3) is 0 Å². The summed E-state index contributed by atoms with van der Waals surface area (Å²) in [5, 5.41) is 31.2. The second-order valence-corrected chi connectivity index (χ2v) is 13.4. The van der Waals surface area contributed by atoms with Gasteiger partial charge in [-0.25, -0.2) is 13.6 Å². The standard InChI is InChI=1S/C28H31N3O7S/c29-39(36,37)18-6-3-15(4-7-18)13-30-26(34)19-12-28(35)21-11-17-5-8-20(32)24-22(17)27(28,25(38-24)23(19)33)9-10-31(21)14-16-1-2-16/h3-8,16,19,21,25,32,35H,1-2,9-14H2,(H,30,34)(H2,29,36,37)/t19?,21-,25+,27+,28-/m1/s1. The molecule has 2 bridgehead atoms.